The van der Waals surface area contributed by atoms with Gasteiger partial charge >= 0.3 is 0 Å². The number of imide groups is 1. The van der Waals surface area contributed by atoms with Crippen molar-refractivity contribution in [3.05, 3.63) is 52.0 Å². The van der Waals surface area contributed by atoms with Crippen molar-refractivity contribution >= 4 is 61.6 Å². The molecule has 11 heteroatoms. The Kier molecular flexibility index (Phi) is 6.54. The second kappa shape index (κ2) is 9.12. The number of pyridine rings is 1. The standard InChI is InChI=1S/C23H23N3O5S3/c1-5-8-15-19-18(13-9-6-7-10-14(13)24-15)21(28)26(22(19)29)25-20(27)16-11-17(23(32-4)33-16)34(30,31)12(2)3/h6-7,9-12H,5,8H2,1-4H3,(H,25,27). The van der Waals surface area contributed by atoms with Gasteiger partial charge in [-0.05, 0) is 38.7 Å². The number of carbonyl (C=O) groups is 3. The number of fused-ring (bicyclic) bond motifs is 3. The molecule has 0 saturated heterocycles. The van der Waals surface area contributed by atoms with Gasteiger partial charge in [0.1, 0.15) is 0 Å². The van der Waals surface area contributed by atoms with Gasteiger partial charge in [0.15, 0.2) is 9.84 Å². The maximum absolute atomic E-state index is 13.3. The molecule has 3 heterocycles. The number of hydrogen-bond acceptors (Lipinski definition) is 8. The fourth-order valence-electron chi connectivity index (χ4n) is 3.77. The molecule has 1 aliphatic rings. The number of aryl methyl sites for hydroxylation is 1. The van der Waals surface area contributed by atoms with Crippen LogP contribution >= 0.6 is 23.1 Å². The Morgan fingerprint density at radius 3 is 2.50 bits per heavy atom. The van der Waals surface area contributed by atoms with Crippen LogP contribution in [-0.4, -0.2) is 47.6 Å². The highest BCUT2D eigenvalue weighted by Crippen LogP contribution is 2.36. The predicted octanol–water partition coefficient (Wildman–Crippen LogP) is 4.09. The lowest BCUT2D eigenvalue weighted by molar-refractivity contribution is 0.0519. The molecule has 1 aromatic carbocycles. The highest BCUT2D eigenvalue weighted by Gasteiger charge is 2.41. The third kappa shape index (κ3) is 3.91. The molecule has 0 fully saturated rings. The number of hydrazine groups is 1. The Balaban J connectivity index is 1.72. The van der Waals surface area contributed by atoms with E-state index in [4.69, 9.17) is 0 Å². The van der Waals surface area contributed by atoms with Crippen LogP contribution in [0.2, 0.25) is 0 Å². The van der Waals surface area contributed by atoms with E-state index in [2.05, 4.69) is 10.4 Å². The van der Waals surface area contributed by atoms with Gasteiger partial charge in [0.05, 0.1) is 41.6 Å². The molecule has 0 bridgehead atoms. The predicted molar refractivity (Wildman–Crippen MR) is 132 cm³/mol. The number of carbonyl (C=O) groups excluding carboxylic acids is 3. The summed E-state index contributed by atoms with van der Waals surface area (Å²) in [7, 11) is -3.61. The van der Waals surface area contributed by atoms with Gasteiger partial charge in [-0.25, -0.2) is 8.42 Å². The smallest absolute Gasteiger partial charge is 0.267 e. The largest absolute Gasteiger partial charge is 0.282 e. The molecule has 178 valence electrons. The lowest BCUT2D eigenvalue weighted by atomic mass is 10.0. The number of hydrogen-bond donors (Lipinski definition) is 1. The monoisotopic (exact) mass is 517 g/mol. The molecule has 0 unspecified atom stereocenters. The summed E-state index contributed by atoms with van der Waals surface area (Å²) in [6.45, 7) is 5.09. The Labute approximate surface area is 205 Å². The molecular formula is C23H23N3O5S3. The molecule has 0 saturated carbocycles. The van der Waals surface area contributed by atoms with Crippen LogP contribution in [0.25, 0.3) is 10.9 Å². The SMILES string of the molecule is CCCc1nc2ccccc2c2c1C(=O)N(NC(=O)c1cc(S(=O)(=O)C(C)C)c(SC)s1)C2=O. The highest BCUT2D eigenvalue weighted by molar-refractivity contribution is 8.01. The van der Waals surface area contributed by atoms with E-state index >= 15 is 0 Å². The molecule has 2 aromatic heterocycles. The van der Waals surface area contributed by atoms with Crippen LogP contribution in [0.4, 0.5) is 0 Å². The molecule has 0 aliphatic carbocycles. The first kappa shape index (κ1) is 24.4. The average molecular weight is 518 g/mol. The van der Waals surface area contributed by atoms with Gasteiger partial charge in [-0.15, -0.1) is 23.1 Å². The zero-order chi connectivity index (χ0) is 24.8. The molecule has 0 radical (unpaired) electrons. The molecule has 1 aliphatic heterocycles. The lowest BCUT2D eigenvalue weighted by Crippen LogP contribution is -2.45. The van der Waals surface area contributed by atoms with Crippen LogP contribution in [0.1, 0.15) is 63.3 Å². The Bertz CT molecular complexity index is 1440. The second-order valence-electron chi connectivity index (χ2n) is 8.02. The third-order valence-electron chi connectivity index (χ3n) is 5.50. The van der Waals surface area contributed by atoms with Crippen LogP contribution in [0, 0.1) is 0 Å². The first-order valence-electron chi connectivity index (χ1n) is 10.6. The summed E-state index contributed by atoms with van der Waals surface area (Å²) < 4.78 is 25.9. The van der Waals surface area contributed by atoms with Crippen molar-refractivity contribution in [2.24, 2.45) is 0 Å². The third-order valence-corrected chi connectivity index (χ3v) is 10.2. The summed E-state index contributed by atoms with van der Waals surface area (Å²) in [5.74, 6) is -2.01. The van der Waals surface area contributed by atoms with E-state index in [1.807, 2.05) is 6.92 Å². The molecule has 0 atom stereocenters. The van der Waals surface area contributed by atoms with Gasteiger partial charge in [-0.1, -0.05) is 31.5 Å². The van der Waals surface area contributed by atoms with Gasteiger partial charge in [0, 0.05) is 5.39 Å². The summed E-state index contributed by atoms with van der Waals surface area (Å²) in [6.07, 6.45) is 2.96. The van der Waals surface area contributed by atoms with Crippen molar-refractivity contribution in [3.63, 3.8) is 0 Å². The van der Waals surface area contributed by atoms with E-state index < -0.39 is 32.8 Å². The maximum atomic E-state index is 13.3. The van der Waals surface area contributed by atoms with E-state index in [1.54, 1.807) is 44.4 Å². The van der Waals surface area contributed by atoms with Crippen molar-refractivity contribution in [3.8, 4) is 0 Å². The van der Waals surface area contributed by atoms with Gasteiger partial charge < -0.3 is 0 Å². The molecule has 3 amide bonds. The molecule has 3 aromatic rings. The first-order valence-corrected chi connectivity index (χ1v) is 14.2. The van der Waals surface area contributed by atoms with Crippen LogP contribution in [-0.2, 0) is 16.3 Å². The lowest BCUT2D eigenvalue weighted by Gasteiger charge is -2.14. The molecule has 1 N–H and O–H groups in total. The number of thioether (sulfide) groups is 1. The van der Waals surface area contributed by atoms with E-state index in [0.717, 1.165) is 17.8 Å². The van der Waals surface area contributed by atoms with Crippen LogP contribution in [0.5, 0.6) is 0 Å². The van der Waals surface area contributed by atoms with E-state index in [0.29, 0.717) is 32.2 Å². The quantitative estimate of drug-likeness (QED) is 0.371. The number of nitrogens with one attached hydrogen (secondary N) is 1. The minimum Gasteiger partial charge on any atom is -0.267 e. The number of aromatic nitrogens is 1. The Morgan fingerprint density at radius 2 is 1.85 bits per heavy atom. The van der Waals surface area contributed by atoms with Crippen LogP contribution in [0.15, 0.2) is 39.4 Å². The van der Waals surface area contributed by atoms with Gasteiger partial charge in [0.25, 0.3) is 17.7 Å². The molecular weight excluding hydrogens is 494 g/mol. The topological polar surface area (TPSA) is 114 Å². The number of para-hydroxylation sites is 1. The first-order chi connectivity index (χ1) is 16.1. The maximum Gasteiger partial charge on any atom is 0.282 e. The number of amides is 3. The summed E-state index contributed by atoms with van der Waals surface area (Å²) in [6, 6.07) is 8.37. The zero-order valence-electron chi connectivity index (χ0n) is 19.0. The van der Waals surface area contributed by atoms with E-state index in [9.17, 15) is 22.8 Å². The minimum absolute atomic E-state index is 0.0768. The Morgan fingerprint density at radius 1 is 1.18 bits per heavy atom. The average Bonchev–Trinajstić information content (AvgIpc) is 3.35. The van der Waals surface area contributed by atoms with Crippen LogP contribution < -0.4 is 5.43 Å². The van der Waals surface area contributed by atoms with Gasteiger partial charge in [-0.2, -0.15) is 5.01 Å². The Hall–Kier alpha value is -2.76. The molecule has 8 nitrogen and oxygen atoms in total. The van der Waals surface area contributed by atoms with E-state index in [-0.39, 0.29) is 20.9 Å². The zero-order valence-corrected chi connectivity index (χ0v) is 21.5. The summed E-state index contributed by atoms with van der Waals surface area (Å²) >= 11 is 2.23. The normalized spacial score (nSPS) is 13.7. The fraction of sp³-hybridized carbons (Fsp3) is 0.304. The molecule has 0 spiro atoms. The second-order valence-corrected chi connectivity index (χ2v) is 12.6. The number of rotatable bonds is 7. The van der Waals surface area contributed by atoms with Crippen molar-refractivity contribution in [1.29, 1.82) is 0 Å². The number of nitrogens with zero attached hydrogens (tertiary/aromatic N) is 2. The van der Waals surface area contributed by atoms with Crippen molar-refractivity contribution < 1.29 is 22.8 Å². The van der Waals surface area contributed by atoms with E-state index in [1.165, 1.54) is 17.8 Å². The van der Waals surface area contributed by atoms with Crippen molar-refractivity contribution in [2.75, 3.05) is 6.26 Å². The number of benzene rings is 1. The summed E-state index contributed by atoms with van der Waals surface area (Å²) in [4.78, 5) is 44.3. The fourth-order valence-corrected chi connectivity index (χ4v) is 7.48. The molecule has 4 rings (SSSR count). The number of thiophene rings is 1. The van der Waals surface area contributed by atoms with Crippen LogP contribution in [0.3, 0.4) is 0 Å². The summed E-state index contributed by atoms with van der Waals surface area (Å²) in [5.41, 5.74) is 3.93. The van der Waals surface area contributed by atoms with Crippen molar-refractivity contribution in [2.45, 2.75) is 48.0 Å². The van der Waals surface area contributed by atoms with Gasteiger partial charge in [-0.3, -0.25) is 24.8 Å². The molecule has 34 heavy (non-hydrogen) atoms. The number of sulfone groups is 1. The minimum atomic E-state index is -3.61. The summed E-state index contributed by atoms with van der Waals surface area (Å²) in [5, 5.41) is 0.589. The van der Waals surface area contributed by atoms with Gasteiger partial charge in [0.2, 0.25) is 0 Å². The van der Waals surface area contributed by atoms with Crippen molar-refractivity contribution in [1.82, 2.24) is 15.4 Å². The highest BCUT2D eigenvalue weighted by atomic mass is 32.2.